The van der Waals surface area contributed by atoms with Crippen molar-refractivity contribution in [1.29, 1.82) is 0 Å². The van der Waals surface area contributed by atoms with Crippen LogP contribution in [0.4, 0.5) is 0 Å². The molecule has 0 aliphatic heterocycles. The van der Waals surface area contributed by atoms with Gasteiger partial charge in [-0.1, -0.05) is 32.9 Å². The summed E-state index contributed by atoms with van der Waals surface area (Å²) in [7, 11) is 1.62. The van der Waals surface area contributed by atoms with Gasteiger partial charge in [-0.3, -0.25) is 0 Å². The molecule has 2 nitrogen and oxygen atoms in total. The minimum Gasteiger partial charge on any atom is -0.359 e. The zero-order valence-corrected chi connectivity index (χ0v) is 9.60. The Morgan fingerprint density at radius 3 is 2.38 bits per heavy atom. The summed E-state index contributed by atoms with van der Waals surface area (Å²) in [5.41, 5.74) is 0.0705. The molecule has 0 saturated carbocycles. The van der Waals surface area contributed by atoms with Crippen molar-refractivity contribution in [3.8, 4) is 0 Å². The minimum absolute atomic E-state index is 0.0474. The molecular weight excluding hydrogens is 188 g/mol. The number of hydrogen-bond acceptors (Lipinski definition) is 2. The van der Waals surface area contributed by atoms with E-state index in [4.69, 9.17) is 21.1 Å². The quantitative estimate of drug-likeness (QED) is 0.391. The molecule has 0 spiro atoms. The van der Waals surface area contributed by atoms with Crippen molar-refractivity contribution in [2.45, 2.75) is 26.9 Å². The van der Waals surface area contributed by atoms with Crippen molar-refractivity contribution < 1.29 is 9.47 Å². The van der Waals surface area contributed by atoms with Gasteiger partial charge in [0.15, 0.2) is 0 Å². The highest BCUT2D eigenvalue weighted by molar-refractivity contribution is 6.18. The van der Waals surface area contributed by atoms with Crippen molar-refractivity contribution in [2.75, 3.05) is 19.8 Å². The monoisotopic (exact) mass is 206 g/mol. The standard InChI is InChI=1S/C10H19ClO2/c1-10(2,3)9(6-5-7-11)13-8-12-4/h5-6,9H,7-8H2,1-4H3/b6-5+. The Morgan fingerprint density at radius 2 is 2.00 bits per heavy atom. The summed E-state index contributed by atoms with van der Waals surface area (Å²) in [6.45, 7) is 6.66. The largest absolute Gasteiger partial charge is 0.359 e. The molecule has 0 aromatic heterocycles. The average molecular weight is 207 g/mol. The Labute approximate surface area is 85.9 Å². The van der Waals surface area contributed by atoms with Crippen molar-refractivity contribution in [2.24, 2.45) is 5.41 Å². The lowest BCUT2D eigenvalue weighted by atomic mass is 9.89. The number of ether oxygens (including phenoxy) is 2. The van der Waals surface area contributed by atoms with Crippen LogP contribution in [0.15, 0.2) is 12.2 Å². The summed E-state index contributed by atoms with van der Waals surface area (Å²) in [6.07, 6.45) is 3.92. The summed E-state index contributed by atoms with van der Waals surface area (Å²) >= 11 is 5.56. The molecule has 0 aromatic rings. The van der Waals surface area contributed by atoms with E-state index in [-0.39, 0.29) is 11.5 Å². The maximum Gasteiger partial charge on any atom is 0.147 e. The first-order chi connectivity index (χ1) is 6.02. The van der Waals surface area contributed by atoms with Gasteiger partial charge >= 0.3 is 0 Å². The first-order valence-electron chi connectivity index (χ1n) is 4.35. The zero-order valence-electron chi connectivity index (χ0n) is 8.84. The van der Waals surface area contributed by atoms with Crippen molar-refractivity contribution >= 4 is 11.6 Å². The lowest BCUT2D eigenvalue weighted by Gasteiger charge is -2.27. The zero-order chi connectivity index (χ0) is 10.3. The van der Waals surface area contributed by atoms with Gasteiger partial charge in [-0.2, -0.15) is 0 Å². The predicted molar refractivity (Wildman–Crippen MR) is 56.1 cm³/mol. The highest BCUT2D eigenvalue weighted by Crippen LogP contribution is 2.23. The minimum atomic E-state index is 0.0474. The van der Waals surface area contributed by atoms with Crippen molar-refractivity contribution in [3.63, 3.8) is 0 Å². The van der Waals surface area contributed by atoms with Crippen LogP contribution in [0.3, 0.4) is 0 Å². The highest BCUT2D eigenvalue weighted by atomic mass is 35.5. The van der Waals surface area contributed by atoms with E-state index in [9.17, 15) is 0 Å². The lowest BCUT2D eigenvalue weighted by molar-refractivity contribution is -0.0872. The summed E-state index contributed by atoms with van der Waals surface area (Å²) in [5.74, 6) is 0.517. The van der Waals surface area contributed by atoms with Gasteiger partial charge in [0.1, 0.15) is 6.79 Å². The molecule has 1 atom stereocenters. The van der Waals surface area contributed by atoms with Gasteiger partial charge in [-0.15, -0.1) is 11.6 Å². The van der Waals surface area contributed by atoms with E-state index < -0.39 is 0 Å². The Balaban J connectivity index is 4.11. The van der Waals surface area contributed by atoms with Crippen LogP contribution in [0.2, 0.25) is 0 Å². The molecule has 1 unspecified atom stereocenters. The van der Waals surface area contributed by atoms with E-state index in [1.165, 1.54) is 0 Å². The number of allylic oxidation sites excluding steroid dienone is 1. The molecule has 3 heteroatoms. The Bertz CT molecular complexity index is 149. The van der Waals surface area contributed by atoms with Gasteiger partial charge in [0, 0.05) is 13.0 Å². The summed E-state index contributed by atoms with van der Waals surface area (Å²) < 4.78 is 10.3. The highest BCUT2D eigenvalue weighted by Gasteiger charge is 2.22. The van der Waals surface area contributed by atoms with Crippen LogP contribution in [0.1, 0.15) is 20.8 Å². The van der Waals surface area contributed by atoms with Crippen molar-refractivity contribution in [3.05, 3.63) is 12.2 Å². The van der Waals surface area contributed by atoms with Gasteiger partial charge in [0.2, 0.25) is 0 Å². The fourth-order valence-electron chi connectivity index (χ4n) is 0.911. The Kier molecular flexibility index (Phi) is 6.39. The molecule has 0 aromatic carbocycles. The molecule has 0 bridgehead atoms. The van der Waals surface area contributed by atoms with Crippen LogP contribution in [-0.2, 0) is 9.47 Å². The van der Waals surface area contributed by atoms with Gasteiger partial charge in [0.25, 0.3) is 0 Å². The molecule has 0 N–H and O–H groups in total. The van der Waals surface area contributed by atoms with E-state index in [1.54, 1.807) is 7.11 Å². The number of methoxy groups -OCH3 is 1. The normalized spacial score (nSPS) is 15.2. The van der Waals surface area contributed by atoms with Gasteiger partial charge in [-0.05, 0) is 5.41 Å². The molecule has 0 radical (unpaired) electrons. The molecular formula is C10H19ClO2. The molecule has 0 heterocycles. The SMILES string of the molecule is COCOC(/C=C/CCl)C(C)(C)C. The van der Waals surface area contributed by atoms with Crippen LogP contribution in [-0.4, -0.2) is 25.9 Å². The molecule has 0 fully saturated rings. The van der Waals surface area contributed by atoms with E-state index in [0.717, 1.165) is 0 Å². The number of alkyl halides is 1. The van der Waals surface area contributed by atoms with Crippen molar-refractivity contribution in [1.82, 2.24) is 0 Å². The fourth-order valence-corrected chi connectivity index (χ4v) is 1.01. The van der Waals surface area contributed by atoms with Gasteiger partial charge in [-0.25, -0.2) is 0 Å². The maximum atomic E-state index is 5.56. The Morgan fingerprint density at radius 1 is 1.38 bits per heavy atom. The molecule has 0 aliphatic rings. The number of halogens is 1. The van der Waals surface area contributed by atoms with E-state index in [1.807, 2.05) is 12.2 Å². The molecule has 0 rings (SSSR count). The smallest absolute Gasteiger partial charge is 0.147 e. The van der Waals surface area contributed by atoms with Crippen LogP contribution < -0.4 is 0 Å². The summed E-state index contributed by atoms with van der Waals surface area (Å²) in [6, 6.07) is 0. The topological polar surface area (TPSA) is 18.5 Å². The first kappa shape index (κ1) is 12.9. The molecule has 0 amide bonds. The van der Waals surface area contributed by atoms with Gasteiger partial charge in [0.05, 0.1) is 6.10 Å². The van der Waals surface area contributed by atoms with Gasteiger partial charge < -0.3 is 9.47 Å². The van der Waals surface area contributed by atoms with E-state index >= 15 is 0 Å². The van der Waals surface area contributed by atoms with Crippen LogP contribution in [0, 0.1) is 5.41 Å². The second-order valence-corrected chi connectivity index (χ2v) is 4.25. The average Bonchev–Trinajstić information content (AvgIpc) is 2.02. The second-order valence-electron chi connectivity index (χ2n) is 3.94. The van der Waals surface area contributed by atoms with E-state index in [0.29, 0.717) is 12.7 Å². The third-order valence-electron chi connectivity index (χ3n) is 1.62. The van der Waals surface area contributed by atoms with Crippen LogP contribution >= 0.6 is 11.6 Å². The fraction of sp³-hybridized carbons (Fsp3) is 0.800. The predicted octanol–water partition coefficient (Wildman–Crippen LogP) is 2.82. The third-order valence-corrected chi connectivity index (χ3v) is 1.80. The molecule has 13 heavy (non-hydrogen) atoms. The lowest BCUT2D eigenvalue weighted by Crippen LogP contribution is -2.28. The number of hydrogen-bond donors (Lipinski definition) is 0. The van der Waals surface area contributed by atoms with E-state index in [2.05, 4.69) is 20.8 Å². The van der Waals surface area contributed by atoms with Crippen LogP contribution in [0.25, 0.3) is 0 Å². The maximum absolute atomic E-state index is 5.56. The molecule has 78 valence electrons. The second kappa shape index (κ2) is 6.41. The summed E-state index contributed by atoms with van der Waals surface area (Å²) in [4.78, 5) is 0. The number of rotatable bonds is 5. The summed E-state index contributed by atoms with van der Waals surface area (Å²) in [5, 5.41) is 0. The van der Waals surface area contributed by atoms with Crippen LogP contribution in [0.5, 0.6) is 0 Å². The molecule has 0 aliphatic carbocycles. The first-order valence-corrected chi connectivity index (χ1v) is 4.89. The molecule has 0 saturated heterocycles. The third kappa shape index (κ3) is 6.08. The Hall–Kier alpha value is -0.0500.